The molecule has 4 rings (SSSR count). The Morgan fingerprint density at radius 3 is 2.17 bits per heavy atom. The van der Waals surface area contributed by atoms with E-state index < -0.39 is 0 Å². The van der Waals surface area contributed by atoms with Gasteiger partial charge in [-0.1, -0.05) is 0 Å². The molecule has 0 heterocycles. The smallest absolute Gasteiger partial charge is 0.228 e. The lowest BCUT2D eigenvalue weighted by Gasteiger charge is -2.28. The van der Waals surface area contributed by atoms with Gasteiger partial charge in [0.2, 0.25) is 5.24 Å². The van der Waals surface area contributed by atoms with Gasteiger partial charge < -0.3 is 0 Å². The molecular formula is C10H13ClO. The molecule has 0 N–H and O–H groups in total. The van der Waals surface area contributed by atoms with Gasteiger partial charge in [0.15, 0.2) is 0 Å². The minimum absolute atomic E-state index is 0.0304. The lowest BCUT2D eigenvalue weighted by atomic mass is 9.76. The number of hydrogen-bond donors (Lipinski definition) is 0. The number of hydrogen-bond acceptors (Lipinski definition) is 1. The molecule has 12 heavy (non-hydrogen) atoms. The molecule has 66 valence electrons. The molecule has 0 aromatic rings. The molecule has 4 aliphatic rings. The average Bonchev–Trinajstić information content (AvgIpc) is 2.37. The summed E-state index contributed by atoms with van der Waals surface area (Å²) in [5.41, 5.74) is -0.0465. The first-order chi connectivity index (χ1) is 5.71. The summed E-state index contributed by atoms with van der Waals surface area (Å²) in [5, 5.41) is -0.0304. The minimum Gasteiger partial charge on any atom is -0.281 e. The van der Waals surface area contributed by atoms with E-state index in [9.17, 15) is 4.79 Å². The van der Waals surface area contributed by atoms with Gasteiger partial charge in [-0.3, -0.25) is 4.79 Å². The van der Waals surface area contributed by atoms with Gasteiger partial charge in [0.1, 0.15) is 0 Å². The van der Waals surface area contributed by atoms with Gasteiger partial charge in [0, 0.05) is 5.41 Å². The molecule has 4 fully saturated rings. The summed E-state index contributed by atoms with van der Waals surface area (Å²) in [7, 11) is 0. The molecule has 4 bridgehead atoms. The van der Waals surface area contributed by atoms with E-state index in [1.165, 1.54) is 19.3 Å². The van der Waals surface area contributed by atoms with Crippen molar-refractivity contribution in [1.82, 2.24) is 0 Å². The van der Waals surface area contributed by atoms with E-state index in [1.54, 1.807) is 0 Å². The van der Waals surface area contributed by atoms with Crippen molar-refractivity contribution in [2.75, 3.05) is 0 Å². The zero-order valence-electron chi connectivity index (χ0n) is 7.05. The van der Waals surface area contributed by atoms with Crippen LogP contribution in [0.25, 0.3) is 0 Å². The lowest BCUT2D eigenvalue weighted by molar-refractivity contribution is -0.122. The standard InChI is InChI=1S/C10H13ClO/c11-9(12)10-4-6-1-7(5-10)3-8(10)2-6/h6-8H,1-5H2/t6-,7+,8?,10?. The minimum atomic E-state index is -0.0465. The van der Waals surface area contributed by atoms with Crippen LogP contribution in [0, 0.1) is 23.2 Å². The van der Waals surface area contributed by atoms with Gasteiger partial charge in [0.05, 0.1) is 0 Å². The van der Waals surface area contributed by atoms with Crippen LogP contribution < -0.4 is 0 Å². The number of rotatable bonds is 1. The van der Waals surface area contributed by atoms with Crippen molar-refractivity contribution in [3.63, 3.8) is 0 Å². The van der Waals surface area contributed by atoms with Crippen molar-refractivity contribution in [2.24, 2.45) is 23.2 Å². The van der Waals surface area contributed by atoms with Crippen LogP contribution in [-0.4, -0.2) is 5.24 Å². The van der Waals surface area contributed by atoms with Crippen LogP contribution in [0.4, 0.5) is 0 Å². The van der Waals surface area contributed by atoms with Crippen LogP contribution in [0.5, 0.6) is 0 Å². The second-order valence-corrected chi connectivity index (χ2v) is 5.32. The molecule has 0 saturated heterocycles. The zero-order valence-corrected chi connectivity index (χ0v) is 7.81. The van der Waals surface area contributed by atoms with Gasteiger partial charge in [-0.2, -0.15) is 0 Å². The third-order valence-electron chi connectivity index (χ3n) is 4.38. The Morgan fingerprint density at radius 1 is 1.17 bits per heavy atom. The van der Waals surface area contributed by atoms with Crippen LogP contribution in [0.3, 0.4) is 0 Å². The fraction of sp³-hybridized carbons (Fsp3) is 0.900. The van der Waals surface area contributed by atoms with Crippen molar-refractivity contribution < 1.29 is 4.79 Å². The Hall–Kier alpha value is -0.0400. The third-order valence-corrected chi connectivity index (χ3v) is 4.76. The van der Waals surface area contributed by atoms with Crippen molar-refractivity contribution in [1.29, 1.82) is 0 Å². The highest BCUT2D eigenvalue weighted by molar-refractivity contribution is 6.64. The fourth-order valence-electron chi connectivity index (χ4n) is 4.12. The highest BCUT2D eigenvalue weighted by Gasteiger charge is 2.60. The summed E-state index contributed by atoms with van der Waals surface area (Å²) in [6, 6.07) is 0. The normalized spacial score (nSPS) is 54.9. The molecule has 0 aromatic carbocycles. The number of halogens is 1. The van der Waals surface area contributed by atoms with E-state index in [4.69, 9.17) is 11.6 Å². The highest BCUT2D eigenvalue weighted by atomic mass is 35.5. The quantitative estimate of drug-likeness (QED) is 0.573. The summed E-state index contributed by atoms with van der Waals surface area (Å²) < 4.78 is 0. The number of carbonyl (C=O) groups is 1. The molecule has 4 saturated carbocycles. The molecule has 2 unspecified atom stereocenters. The maximum atomic E-state index is 11.4. The van der Waals surface area contributed by atoms with E-state index in [-0.39, 0.29) is 10.7 Å². The maximum absolute atomic E-state index is 11.4. The summed E-state index contributed by atoms with van der Waals surface area (Å²) in [5.74, 6) is 2.33. The third kappa shape index (κ3) is 0.693. The maximum Gasteiger partial charge on any atom is 0.228 e. The van der Waals surface area contributed by atoms with Crippen molar-refractivity contribution in [3.8, 4) is 0 Å². The van der Waals surface area contributed by atoms with E-state index >= 15 is 0 Å². The Morgan fingerprint density at radius 2 is 1.75 bits per heavy atom. The summed E-state index contributed by atoms with van der Waals surface area (Å²) in [6.45, 7) is 0. The molecule has 1 nitrogen and oxygen atoms in total. The Balaban J connectivity index is 2.03. The summed E-state index contributed by atoms with van der Waals surface area (Å²) in [6.07, 6.45) is 6.17. The second-order valence-electron chi connectivity index (χ2n) is 4.97. The van der Waals surface area contributed by atoms with E-state index in [0.29, 0.717) is 5.92 Å². The fourth-order valence-corrected chi connectivity index (χ4v) is 4.43. The molecule has 0 spiro atoms. The second kappa shape index (κ2) is 2.06. The Labute approximate surface area is 77.5 Å². The summed E-state index contributed by atoms with van der Waals surface area (Å²) >= 11 is 5.72. The molecule has 0 aromatic heterocycles. The van der Waals surface area contributed by atoms with Crippen LogP contribution in [-0.2, 0) is 4.79 Å². The molecule has 0 aliphatic heterocycles. The van der Waals surface area contributed by atoms with E-state index in [0.717, 1.165) is 24.7 Å². The number of carbonyl (C=O) groups excluding carboxylic acids is 1. The first-order valence-electron chi connectivity index (χ1n) is 4.90. The molecule has 4 aliphatic carbocycles. The van der Waals surface area contributed by atoms with Crippen LogP contribution >= 0.6 is 11.6 Å². The highest BCUT2D eigenvalue weighted by Crippen LogP contribution is 2.66. The zero-order chi connectivity index (χ0) is 8.34. The van der Waals surface area contributed by atoms with Gasteiger partial charge >= 0.3 is 0 Å². The summed E-state index contributed by atoms with van der Waals surface area (Å²) in [4.78, 5) is 11.4. The van der Waals surface area contributed by atoms with Gasteiger partial charge in [0.25, 0.3) is 0 Å². The molecule has 0 amide bonds. The van der Waals surface area contributed by atoms with Gasteiger partial charge in [-0.25, -0.2) is 0 Å². The van der Waals surface area contributed by atoms with Gasteiger partial charge in [-0.15, -0.1) is 0 Å². The van der Waals surface area contributed by atoms with E-state index in [2.05, 4.69) is 0 Å². The largest absolute Gasteiger partial charge is 0.281 e. The average molecular weight is 185 g/mol. The van der Waals surface area contributed by atoms with Crippen LogP contribution in [0.1, 0.15) is 32.1 Å². The molecule has 0 radical (unpaired) electrons. The molecule has 2 heteroatoms. The Kier molecular flexibility index (Phi) is 1.27. The van der Waals surface area contributed by atoms with Crippen molar-refractivity contribution in [3.05, 3.63) is 0 Å². The van der Waals surface area contributed by atoms with Crippen LogP contribution in [0.15, 0.2) is 0 Å². The first kappa shape index (κ1) is 7.37. The van der Waals surface area contributed by atoms with Gasteiger partial charge in [-0.05, 0) is 61.5 Å². The first-order valence-corrected chi connectivity index (χ1v) is 5.28. The molecular weight excluding hydrogens is 172 g/mol. The predicted molar refractivity (Wildman–Crippen MR) is 46.8 cm³/mol. The van der Waals surface area contributed by atoms with Crippen molar-refractivity contribution >= 4 is 16.8 Å². The van der Waals surface area contributed by atoms with E-state index in [1.807, 2.05) is 0 Å². The SMILES string of the molecule is O=C(Cl)C12C[C@@H]3CC1C[C@@H](C3)C2. The van der Waals surface area contributed by atoms with Crippen molar-refractivity contribution in [2.45, 2.75) is 32.1 Å². The van der Waals surface area contributed by atoms with Crippen LogP contribution in [0.2, 0.25) is 0 Å². The molecule has 4 atom stereocenters. The topological polar surface area (TPSA) is 17.1 Å². The monoisotopic (exact) mass is 184 g/mol. The predicted octanol–water partition coefficient (Wildman–Crippen LogP) is 2.58. The lowest BCUT2D eigenvalue weighted by Crippen LogP contribution is -2.28. The Bertz CT molecular complexity index is 234.